The van der Waals surface area contributed by atoms with Crippen LogP contribution in [0.2, 0.25) is 0 Å². The zero-order chi connectivity index (χ0) is 22.0. The number of nitrogens with zero attached hydrogens (tertiary/aromatic N) is 3. The summed E-state index contributed by atoms with van der Waals surface area (Å²) in [6.07, 6.45) is 5.68. The molecule has 0 aliphatic carbocycles. The molecule has 0 unspecified atom stereocenters. The van der Waals surface area contributed by atoms with E-state index >= 15 is 0 Å². The lowest BCUT2D eigenvalue weighted by molar-refractivity contribution is -0.121. The van der Waals surface area contributed by atoms with Gasteiger partial charge in [-0.1, -0.05) is 12.1 Å². The molecule has 0 aromatic heterocycles. The third-order valence-corrected chi connectivity index (χ3v) is 6.64. The third kappa shape index (κ3) is 4.66. The molecule has 0 atom stereocenters. The summed E-state index contributed by atoms with van der Waals surface area (Å²) in [6, 6.07) is 13.1. The van der Waals surface area contributed by atoms with E-state index < -0.39 is 5.97 Å². The molecule has 6 nitrogen and oxygen atoms in total. The second-order valence-corrected chi connectivity index (χ2v) is 8.82. The lowest BCUT2D eigenvalue weighted by atomic mass is 10.1. The first kappa shape index (κ1) is 21.2. The van der Waals surface area contributed by atoms with Crippen LogP contribution in [-0.4, -0.2) is 47.2 Å². The van der Waals surface area contributed by atoms with Gasteiger partial charge in [0.25, 0.3) is 5.91 Å². The largest absolute Gasteiger partial charge is 0.478 e. The minimum absolute atomic E-state index is 0.0938. The summed E-state index contributed by atoms with van der Waals surface area (Å²) in [7, 11) is 1.70. The van der Waals surface area contributed by atoms with Crippen molar-refractivity contribution < 1.29 is 14.7 Å². The molecule has 1 amide bonds. The molecule has 2 saturated heterocycles. The van der Waals surface area contributed by atoms with Crippen LogP contribution in [-0.2, 0) is 4.79 Å². The number of thioether (sulfide) groups is 1. The van der Waals surface area contributed by atoms with Gasteiger partial charge >= 0.3 is 5.97 Å². The van der Waals surface area contributed by atoms with Gasteiger partial charge in [-0.15, -0.1) is 0 Å². The summed E-state index contributed by atoms with van der Waals surface area (Å²) in [4.78, 5) is 33.0. The maximum atomic E-state index is 12.7. The molecule has 2 heterocycles. The zero-order valence-electron chi connectivity index (χ0n) is 17.7. The van der Waals surface area contributed by atoms with Gasteiger partial charge in [-0.2, -0.15) is 0 Å². The highest BCUT2D eigenvalue weighted by atomic mass is 32.2. The smallest absolute Gasteiger partial charge is 0.335 e. The summed E-state index contributed by atoms with van der Waals surface area (Å²) in [5, 5.41) is 9.70. The Balaban J connectivity index is 1.53. The van der Waals surface area contributed by atoms with Crippen molar-refractivity contribution in [2.24, 2.45) is 4.99 Å². The van der Waals surface area contributed by atoms with Crippen LogP contribution >= 0.6 is 11.8 Å². The number of aryl methyl sites for hydroxylation is 1. The van der Waals surface area contributed by atoms with Crippen molar-refractivity contribution in [3.8, 4) is 0 Å². The highest BCUT2D eigenvalue weighted by molar-refractivity contribution is 8.18. The van der Waals surface area contributed by atoms with Crippen LogP contribution in [0.25, 0.3) is 6.08 Å². The number of carbonyl (C=O) groups excluding carboxylic acids is 1. The van der Waals surface area contributed by atoms with Gasteiger partial charge < -0.3 is 10.0 Å². The second-order valence-electron chi connectivity index (χ2n) is 7.81. The maximum Gasteiger partial charge on any atom is 0.335 e. The minimum atomic E-state index is -0.971. The second kappa shape index (κ2) is 8.98. The number of hydrogen-bond donors (Lipinski definition) is 1. The molecule has 0 saturated carbocycles. The number of aliphatic imine (C=N–C) groups is 1. The number of carbonyl (C=O) groups is 2. The molecular formula is C24H25N3O3S. The van der Waals surface area contributed by atoms with E-state index in [1.54, 1.807) is 19.2 Å². The van der Waals surface area contributed by atoms with Crippen molar-refractivity contribution in [3.63, 3.8) is 0 Å². The Morgan fingerprint density at radius 3 is 2.45 bits per heavy atom. The number of piperidine rings is 1. The number of amidine groups is 1. The van der Waals surface area contributed by atoms with Crippen molar-refractivity contribution in [2.45, 2.75) is 26.2 Å². The Labute approximate surface area is 186 Å². The van der Waals surface area contributed by atoms with Gasteiger partial charge in [0.1, 0.15) is 0 Å². The lowest BCUT2D eigenvalue weighted by Crippen LogP contribution is -2.29. The van der Waals surface area contributed by atoms with Gasteiger partial charge in [0, 0.05) is 25.8 Å². The monoisotopic (exact) mass is 435 g/mol. The number of rotatable bonds is 4. The first-order chi connectivity index (χ1) is 14.9. The van der Waals surface area contributed by atoms with E-state index in [9.17, 15) is 9.59 Å². The van der Waals surface area contributed by atoms with Crippen LogP contribution < -0.4 is 4.90 Å². The van der Waals surface area contributed by atoms with E-state index in [0.29, 0.717) is 15.8 Å². The summed E-state index contributed by atoms with van der Waals surface area (Å²) in [5.41, 5.74) is 3.83. The number of amides is 1. The van der Waals surface area contributed by atoms with Gasteiger partial charge in [-0.05, 0) is 85.5 Å². The van der Waals surface area contributed by atoms with E-state index in [2.05, 4.69) is 34.2 Å². The molecule has 4 rings (SSSR count). The molecule has 2 aromatic rings. The third-order valence-electron chi connectivity index (χ3n) is 5.58. The van der Waals surface area contributed by atoms with Crippen LogP contribution in [0.1, 0.15) is 40.7 Å². The molecule has 160 valence electrons. The highest BCUT2D eigenvalue weighted by Gasteiger charge is 2.30. The quantitative estimate of drug-likeness (QED) is 0.690. The first-order valence-electron chi connectivity index (χ1n) is 10.4. The molecule has 0 bridgehead atoms. The minimum Gasteiger partial charge on any atom is -0.478 e. The van der Waals surface area contributed by atoms with Crippen LogP contribution in [0.3, 0.4) is 0 Å². The van der Waals surface area contributed by atoms with Crippen molar-refractivity contribution in [1.82, 2.24) is 4.90 Å². The predicted octanol–water partition coefficient (Wildman–Crippen LogP) is 4.92. The Morgan fingerprint density at radius 2 is 1.81 bits per heavy atom. The fourth-order valence-electron chi connectivity index (χ4n) is 3.75. The molecule has 2 fully saturated rings. The number of hydrogen-bond acceptors (Lipinski definition) is 5. The fourth-order valence-corrected chi connectivity index (χ4v) is 4.73. The predicted molar refractivity (Wildman–Crippen MR) is 126 cm³/mol. The molecule has 0 radical (unpaired) electrons. The summed E-state index contributed by atoms with van der Waals surface area (Å²) < 4.78 is 0. The molecule has 2 aliphatic heterocycles. The Hall–Kier alpha value is -3.06. The van der Waals surface area contributed by atoms with E-state index in [1.807, 2.05) is 13.0 Å². The van der Waals surface area contributed by atoms with Crippen molar-refractivity contribution in [2.75, 3.05) is 25.0 Å². The van der Waals surface area contributed by atoms with Gasteiger partial charge in [0.15, 0.2) is 5.17 Å². The molecular weight excluding hydrogens is 410 g/mol. The Kier molecular flexibility index (Phi) is 6.13. The van der Waals surface area contributed by atoms with E-state index in [-0.39, 0.29) is 11.5 Å². The Morgan fingerprint density at radius 1 is 1.10 bits per heavy atom. The van der Waals surface area contributed by atoms with Crippen molar-refractivity contribution in [3.05, 3.63) is 64.1 Å². The van der Waals surface area contributed by atoms with Gasteiger partial charge in [0.05, 0.1) is 16.2 Å². The number of carboxylic acid groups (broad SMARTS) is 1. The summed E-state index contributed by atoms with van der Waals surface area (Å²) in [5.74, 6) is -1.06. The maximum absolute atomic E-state index is 12.7. The normalized spacial score (nSPS) is 19.5. The number of likely N-dealkylation sites (N-methyl/N-ethyl adjacent to an activating group) is 1. The number of carboxylic acids is 1. The number of anilines is 1. The van der Waals surface area contributed by atoms with Crippen LogP contribution in [0, 0.1) is 6.92 Å². The zero-order valence-corrected chi connectivity index (χ0v) is 18.5. The van der Waals surface area contributed by atoms with E-state index in [4.69, 9.17) is 5.11 Å². The van der Waals surface area contributed by atoms with Crippen LogP contribution in [0.5, 0.6) is 0 Å². The molecule has 7 heteroatoms. The van der Waals surface area contributed by atoms with Crippen molar-refractivity contribution >= 4 is 46.3 Å². The van der Waals surface area contributed by atoms with Gasteiger partial charge in [-0.3, -0.25) is 9.69 Å². The average Bonchev–Trinajstić information content (AvgIpc) is 3.04. The topological polar surface area (TPSA) is 73.2 Å². The van der Waals surface area contributed by atoms with Gasteiger partial charge in [-0.25, -0.2) is 9.79 Å². The molecule has 31 heavy (non-hydrogen) atoms. The molecule has 1 N–H and O–H groups in total. The summed E-state index contributed by atoms with van der Waals surface area (Å²) >= 11 is 1.33. The van der Waals surface area contributed by atoms with E-state index in [1.165, 1.54) is 47.7 Å². The number of aromatic carboxylic acids is 1. The number of benzene rings is 2. The van der Waals surface area contributed by atoms with Crippen LogP contribution in [0.4, 0.5) is 11.4 Å². The average molecular weight is 436 g/mol. The highest BCUT2D eigenvalue weighted by Crippen LogP contribution is 2.34. The van der Waals surface area contributed by atoms with Crippen LogP contribution in [0.15, 0.2) is 52.4 Å². The summed E-state index contributed by atoms with van der Waals surface area (Å²) in [6.45, 7) is 4.02. The van der Waals surface area contributed by atoms with E-state index in [0.717, 1.165) is 24.2 Å². The lowest BCUT2D eigenvalue weighted by Gasteiger charge is -2.28. The SMILES string of the molecule is Cc1cc(C(=O)O)ccc1N=C1S/C(=C\c2ccc(N3CCCCC3)cc2)C(=O)N1C. The van der Waals surface area contributed by atoms with Gasteiger partial charge in [0.2, 0.25) is 0 Å². The first-order valence-corrected chi connectivity index (χ1v) is 11.2. The van der Waals surface area contributed by atoms with Crippen molar-refractivity contribution in [1.29, 1.82) is 0 Å². The molecule has 0 spiro atoms. The Bertz CT molecular complexity index is 1070. The standard InChI is InChI=1S/C24H25N3O3S/c1-16-14-18(23(29)30)8-11-20(16)25-24-26(2)22(28)21(31-24)15-17-6-9-19(10-7-17)27-12-4-3-5-13-27/h6-11,14-15H,3-5,12-13H2,1-2H3,(H,29,30)/b21-15-,25-24?. The molecule has 2 aliphatic rings. The fraction of sp³-hybridized carbons (Fsp3) is 0.292. The molecule has 2 aromatic carbocycles.